The van der Waals surface area contributed by atoms with E-state index in [1.165, 1.54) is 6.07 Å². The van der Waals surface area contributed by atoms with Crippen molar-refractivity contribution in [3.8, 4) is 40.1 Å². The molecule has 3 fully saturated rings. The van der Waals surface area contributed by atoms with Crippen LogP contribution in [0.1, 0.15) is 0 Å². The third-order valence-electron chi connectivity index (χ3n) is 9.45. The zero-order chi connectivity index (χ0) is 40.0. The summed E-state index contributed by atoms with van der Waals surface area (Å²) in [6.07, 6.45) is -27.7. The number of ether oxygens (including phenoxy) is 6. The maximum absolute atomic E-state index is 13.8. The van der Waals surface area contributed by atoms with Crippen molar-refractivity contribution in [2.75, 3.05) is 19.8 Å². The highest BCUT2D eigenvalue weighted by Gasteiger charge is 2.52. The fraction of sp³-hybridized carbons (Fsp3) is 0.545. The third-order valence-corrected chi connectivity index (χ3v) is 9.45. The van der Waals surface area contributed by atoms with E-state index < -0.39 is 157 Å². The molecule has 304 valence electrons. The third kappa shape index (κ3) is 7.76. The van der Waals surface area contributed by atoms with Gasteiger partial charge in [-0.15, -0.1) is 0 Å². The van der Waals surface area contributed by atoms with Gasteiger partial charge in [-0.3, -0.25) is 4.79 Å². The highest BCUT2D eigenvalue weighted by molar-refractivity contribution is 5.88. The van der Waals surface area contributed by atoms with Gasteiger partial charge in [0.1, 0.15) is 95.7 Å². The van der Waals surface area contributed by atoms with Gasteiger partial charge in [0.2, 0.25) is 17.5 Å². The predicted octanol–water partition coefficient (Wildman–Crippen LogP) is -4.89. The molecular weight excluding hydrogens is 748 g/mol. The maximum atomic E-state index is 13.8. The van der Waals surface area contributed by atoms with Crippen molar-refractivity contribution < 1.29 is 104 Å². The van der Waals surface area contributed by atoms with Crippen molar-refractivity contribution in [2.24, 2.45) is 0 Å². The number of hydrogen-bond donors (Lipinski definition) is 14. The summed E-state index contributed by atoms with van der Waals surface area (Å²) in [6.45, 7) is -2.52. The summed E-state index contributed by atoms with van der Waals surface area (Å²) >= 11 is 0. The van der Waals surface area contributed by atoms with Crippen LogP contribution < -0.4 is 10.2 Å². The van der Waals surface area contributed by atoms with E-state index in [1.807, 2.05) is 0 Å². The second-order valence-corrected chi connectivity index (χ2v) is 13.1. The zero-order valence-corrected chi connectivity index (χ0v) is 28.2. The number of aliphatic hydroxyl groups excluding tert-OH is 10. The molecule has 3 aromatic rings. The Bertz CT molecular complexity index is 1870. The molecule has 55 heavy (non-hydrogen) atoms. The van der Waals surface area contributed by atoms with Crippen molar-refractivity contribution in [1.82, 2.24) is 0 Å². The molecule has 0 bridgehead atoms. The highest BCUT2D eigenvalue weighted by atomic mass is 16.8. The summed E-state index contributed by atoms with van der Waals surface area (Å²) in [5.41, 5.74) is -1.56. The van der Waals surface area contributed by atoms with Crippen molar-refractivity contribution in [3.63, 3.8) is 0 Å². The standard InChI is InChI=1S/C33H40O22/c34-6-15-19(40)23(44)26(47)31(51-15)55-30-25(46)20(41)16(7-35)52-33(30)49-8-17-21(42)24(45)27(48)32(53-17)54-29-22(43)18-13(39)4-10(36)5-14(18)50-28(29)9-1-2-11(37)12(38)3-9/h1-5,15-17,19-21,23-27,30-42,44-48H,6-8H2. The van der Waals surface area contributed by atoms with E-state index in [4.69, 9.17) is 32.8 Å². The quantitative estimate of drug-likeness (QED) is 0.0856. The van der Waals surface area contributed by atoms with Crippen LogP contribution in [0, 0.1) is 0 Å². The Hall–Kier alpha value is -3.95. The minimum absolute atomic E-state index is 0.100. The number of phenols is 4. The Morgan fingerprint density at radius 1 is 0.600 bits per heavy atom. The maximum Gasteiger partial charge on any atom is 0.239 e. The summed E-state index contributed by atoms with van der Waals surface area (Å²) in [5, 5.41) is 144. The SMILES string of the molecule is O=c1c(OC2OC(COC3OC(CO)C(O)C(O)C3OC3OC(CO)C(O)C(O)C3O)C(O)C(O)C2O)c(-c2ccc(O)c(O)c2)oc2cc(O)cc(O)c12. The molecule has 0 radical (unpaired) electrons. The lowest BCUT2D eigenvalue weighted by Gasteiger charge is -2.46. The van der Waals surface area contributed by atoms with Gasteiger partial charge in [-0.1, -0.05) is 0 Å². The van der Waals surface area contributed by atoms with Gasteiger partial charge < -0.3 is 104 Å². The number of hydrogen-bond acceptors (Lipinski definition) is 22. The summed E-state index contributed by atoms with van der Waals surface area (Å²) in [4.78, 5) is 13.8. The Morgan fingerprint density at radius 3 is 1.82 bits per heavy atom. The Kier molecular flexibility index (Phi) is 12.0. The summed E-state index contributed by atoms with van der Waals surface area (Å²) in [7, 11) is 0. The molecule has 22 heteroatoms. The Morgan fingerprint density at radius 2 is 1.18 bits per heavy atom. The summed E-state index contributed by atoms with van der Waals surface area (Å²) < 4.78 is 39.3. The van der Waals surface area contributed by atoms with Crippen LogP contribution in [0.5, 0.6) is 28.7 Å². The molecule has 15 unspecified atom stereocenters. The molecule has 22 nitrogen and oxygen atoms in total. The molecule has 2 aromatic carbocycles. The van der Waals surface area contributed by atoms with E-state index in [-0.39, 0.29) is 11.1 Å². The van der Waals surface area contributed by atoms with Gasteiger partial charge >= 0.3 is 0 Å². The molecule has 0 amide bonds. The summed E-state index contributed by atoms with van der Waals surface area (Å²) in [5.74, 6) is -3.71. The number of rotatable bonds is 10. The molecule has 0 spiro atoms. The lowest BCUT2D eigenvalue weighted by Crippen LogP contribution is -2.65. The molecule has 1 aromatic heterocycles. The van der Waals surface area contributed by atoms with Crippen LogP contribution in [0.4, 0.5) is 0 Å². The van der Waals surface area contributed by atoms with Gasteiger partial charge in [0.15, 0.2) is 29.8 Å². The number of aromatic hydroxyl groups is 4. The first-order valence-electron chi connectivity index (χ1n) is 16.7. The van der Waals surface area contributed by atoms with E-state index in [0.717, 1.165) is 24.3 Å². The average Bonchev–Trinajstić information content (AvgIpc) is 3.15. The van der Waals surface area contributed by atoms with E-state index in [2.05, 4.69) is 0 Å². The molecule has 6 rings (SSSR count). The number of phenolic OH excluding ortho intramolecular Hbond substituents is 4. The molecule has 0 saturated carbocycles. The van der Waals surface area contributed by atoms with Gasteiger partial charge in [-0.25, -0.2) is 0 Å². The normalized spacial score (nSPS) is 36.9. The van der Waals surface area contributed by atoms with Crippen molar-refractivity contribution >= 4 is 11.0 Å². The minimum Gasteiger partial charge on any atom is -0.508 e. The first-order valence-corrected chi connectivity index (χ1v) is 16.7. The van der Waals surface area contributed by atoms with Gasteiger partial charge in [-0.2, -0.15) is 0 Å². The highest BCUT2D eigenvalue weighted by Crippen LogP contribution is 2.40. The summed E-state index contributed by atoms with van der Waals surface area (Å²) in [6, 6.07) is 5.02. The van der Waals surface area contributed by atoms with Crippen LogP contribution in [0.25, 0.3) is 22.3 Å². The van der Waals surface area contributed by atoms with Crippen molar-refractivity contribution in [1.29, 1.82) is 0 Å². The minimum atomic E-state index is -2.10. The molecule has 3 aliphatic rings. The molecule has 0 aliphatic carbocycles. The van der Waals surface area contributed by atoms with Crippen LogP contribution in [0.2, 0.25) is 0 Å². The Labute approximate surface area is 307 Å². The fourth-order valence-electron chi connectivity index (χ4n) is 6.36. The zero-order valence-electron chi connectivity index (χ0n) is 28.2. The Balaban J connectivity index is 1.28. The number of benzene rings is 2. The first-order chi connectivity index (χ1) is 26.1. The lowest BCUT2D eigenvalue weighted by molar-refractivity contribution is -0.372. The monoisotopic (exact) mass is 788 g/mol. The van der Waals surface area contributed by atoms with Gasteiger partial charge in [0.25, 0.3) is 0 Å². The number of fused-ring (bicyclic) bond motifs is 1. The van der Waals surface area contributed by atoms with Crippen LogP contribution in [0.15, 0.2) is 39.5 Å². The second-order valence-electron chi connectivity index (χ2n) is 13.1. The number of aliphatic hydroxyl groups is 10. The molecule has 14 N–H and O–H groups in total. The average molecular weight is 789 g/mol. The first kappa shape index (κ1) is 40.7. The van der Waals surface area contributed by atoms with Gasteiger partial charge in [-0.05, 0) is 18.2 Å². The van der Waals surface area contributed by atoms with Gasteiger partial charge in [0, 0.05) is 17.7 Å². The second kappa shape index (κ2) is 16.3. The van der Waals surface area contributed by atoms with Crippen LogP contribution in [0.3, 0.4) is 0 Å². The van der Waals surface area contributed by atoms with E-state index >= 15 is 0 Å². The van der Waals surface area contributed by atoms with Crippen molar-refractivity contribution in [2.45, 2.75) is 92.1 Å². The topological polar surface area (TPSA) is 369 Å². The van der Waals surface area contributed by atoms with Gasteiger partial charge in [0.05, 0.1) is 19.8 Å². The molecule has 4 heterocycles. The van der Waals surface area contributed by atoms with E-state index in [9.17, 15) is 76.3 Å². The van der Waals surface area contributed by atoms with Crippen LogP contribution in [-0.4, -0.2) is 183 Å². The van der Waals surface area contributed by atoms with E-state index in [0.29, 0.717) is 0 Å². The smallest absolute Gasteiger partial charge is 0.239 e. The van der Waals surface area contributed by atoms with Crippen LogP contribution in [-0.2, 0) is 23.7 Å². The fourth-order valence-corrected chi connectivity index (χ4v) is 6.36. The predicted molar refractivity (Wildman–Crippen MR) is 174 cm³/mol. The van der Waals surface area contributed by atoms with Crippen LogP contribution >= 0.6 is 0 Å². The largest absolute Gasteiger partial charge is 0.508 e. The molecule has 15 atom stereocenters. The van der Waals surface area contributed by atoms with E-state index in [1.54, 1.807) is 0 Å². The lowest BCUT2D eigenvalue weighted by atomic mass is 9.97. The molecule has 3 saturated heterocycles. The molecular formula is C33H40O22. The molecule has 3 aliphatic heterocycles. The van der Waals surface area contributed by atoms with Crippen molar-refractivity contribution in [3.05, 3.63) is 40.6 Å².